The standard InChI is InChI=1S/C11H10N4O2S/c16-11-5-17-10-2-1-7(3-9(10)13-11)12-4-8-6-18-15-14-8/h1-3,6,12H,4-5H2,(H,13,16). The van der Waals surface area contributed by atoms with Crippen LogP contribution in [0.2, 0.25) is 0 Å². The van der Waals surface area contributed by atoms with Crippen LogP contribution in [0.4, 0.5) is 11.4 Å². The normalized spacial score (nSPS) is 13.4. The van der Waals surface area contributed by atoms with E-state index in [-0.39, 0.29) is 12.5 Å². The number of rotatable bonds is 3. The van der Waals surface area contributed by atoms with Gasteiger partial charge in [-0.15, -0.1) is 5.10 Å². The number of nitrogens with one attached hydrogen (secondary N) is 2. The van der Waals surface area contributed by atoms with E-state index in [1.807, 2.05) is 23.6 Å². The molecule has 0 unspecified atom stereocenters. The monoisotopic (exact) mass is 262 g/mol. The molecule has 6 nitrogen and oxygen atoms in total. The molecule has 2 heterocycles. The van der Waals surface area contributed by atoms with E-state index in [4.69, 9.17) is 4.74 Å². The Balaban J connectivity index is 1.73. The number of ether oxygens (including phenoxy) is 1. The number of carbonyl (C=O) groups excluding carboxylic acids is 1. The number of hydrogen-bond acceptors (Lipinski definition) is 6. The Kier molecular flexibility index (Phi) is 2.81. The van der Waals surface area contributed by atoms with E-state index >= 15 is 0 Å². The first kappa shape index (κ1) is 11.0. The van der Waals surface area contributed by atoms with E-state index in [1.54, 1.807) is 0 Å². The molecule has 1 aromatic carbocycles. The summed E-state index contributed by atoms with van der Waals surface area (Å²) < 4.78 is 9.07. The van der Waals surface area contributed by atoms with Crippen molar-refractivity contribution >= 4 is 28.8 Å². The van der Waals surface area contributed by atoms with Gasteiger partial charge in [0.05, 0.1) is 17.9 Å². The van der Waals surface area contributed by atoms with Gasteiger partial charge in [-0.1, -0.05) is 4.49 Å². The second-order valence-corrected chi connectivity index (χ2v) is 4.41. The number of carbonyl (C=O) groups is 1. The van der Waals surface area contributed by atoms with Gasteiger partial charge in [0.25, 0.3) is 5.91 Å². The van der Waals surface area contributed by atoms with Crippen molar-refractivity contribution in [3.8, 4) is 5.75 Å². The molecule has 2 N–H and O–H groups in total. The lowest BCUT2D eigenvalue weighted by Gasteiger charge is -2.18. The average Bonchev–Trinajstić information content (AvgIpc) is 2.89. The zero-order valence-electron chi connectivity index (χ0n) is 9.34. The van der Waals surface area contributed by atoms with Crippen molar-refractivity contribution in [2.24, 2.45) is 0 Å². The minimum Gasteiger partial charge on any atom is -0.482 e. The lowest BCUT2D eigenvalue weighted by atomic mass is 10.2. The first-order chi connectivity index (χ1) is 8.81. The van der Waals surface area contributed by atoms with Gasteiger partial charge < -0.3 is 15.4 Å². The predicted molar refractivity (Wildman–Crippen MR) is 67.8 cm³/mol. The average molecular weight is 262 g/mol. The van der Waals surface area contributed by atoms with Crippen molar-refractivity contribution in [3.05, 3.63) is 29.3 Å². The highest BCUT2D eigenvalue weighted by Crippen LogP contribution is 2.30. The Labute approximate surface area is 107 Å². The fraction of sp³-hybridized carbons (Fsp3) is 0.182. The Hall–Kier alpha value is -2.15. The zero-order valence-corrected chi connectivity index (χ0v) is 10.2. The summed E-state index contributed by atoms with van der Waals surface area (Å²) in [5.41, 5.74) is 2.47. The summed E-state index contributed by atoms with van der Waals surface area (Å²) in [5, 5.41) is 11.8. The van der Waals surface area contributed by atoms with E-state index in [1.165, 1.54) is 11.5 Å². The predicted octanol–water partition coefficient (Wildman–Crippen LogP) is 1.48. The highest BCUT2D eigenvalue weighted by Gasteiger charge is 2.15. The number of fused-ring (bicyclic) bond motifs is 1. The fourth-order valence-corrected chi connectivity index (χ4v) is 2.10. The summed E-state index contributed by atoms with van der Waals surface area (Å²) >= 11 is 1.32. The molecule has 1 aromatic heterocycles. The lowest BCUT2D eigenvalue weighted by molar-refractivity contribution is -0.118. The van der Waals surface area contributed by atoms with E-state index in [0.717, 1.165) is 11.4 Å². The maximum absolute atomic E-state index is 11.2. The third-order valence-electron chi connectivity index (χ3n) is 2.49. The highest BCUT2D eigenvalue weighted by atomic mass is 32.1. The first-order valence-electron chi connectivity index (χ1n) is 5.38. The van der Waals surface area contributed by atoms with Crippen LogP contribution in [-0.2, 0) is 11.3 Å². The van der Waals surface area contributed by atoms with Gasteiger partial charge in [0.15, 0.2) is 6.61 Å². The number of amides is 1. The maximum atomic E-state index is 11.2. The summed E-state index contributed by atoms with van der Waals surface area (Å²) in [4.78, 5) is 11.2. The van der Waals surface area contributed by atoms with Crippen LogP contribution in [0.15, 0.2) is 23.6 Å². The molecule has 18 heavy (non-hydrogen) atoms. The van der Waals surface area contributed by atoms with Crippen molar-refractivity contribution in [3.63, 3.8) is 0 Å². The van der Waals surface area contributed by atoms with Gasteiger partial charge in [-0.3, -0.25) is 4.79 Å². The van der Waals surface area contributed by atoms with Crippen molar-refractivity contribution < 1.29 is 9.53 Å². The summed E-state index contributed by atoms with van der Waals surface area (Å²) in [7, 11) is 0. The zero-order chi connectivity index (χ0) is 12.4. The molecule has 7 heteroatoms. The Morgan fingerprint density at radius 1 is 1.50 bits per heavy atom. The Bertz CT molecular complexity index is 570. The SMILES string of the molecule is O=C1COc2ccc(NCc3csnn3)cc2N1. The molecular weight excluding hydrogens is 252 g/mol. The Morgan fingerprint density at radius 3 is 3.28 bits per heavy atom. The molecule has 0 saturated heterocycles. The molecule has 0 fully saturated rings. The van der Waals surface area contributed by atoms with Crippen LogP contribution in [0, 0.1) is 0 Å². The molecule has 0 bridgehead atoms. The molecule has 2 aromatic rings. The minimum atomic E-state index is -0.136. The van der Waals surface area contributed by atoms with E-state index < -0.39 is 0 Å². The fourth-order valence-electron chi connectivity index (χ4n) is 1.65. The molecule has 0 atom stereocenters. The van der Waals surface area contributed by atoms with Crippen LogP contribution in [0.1, 0.15) is 5.69 Å². The third-order valence-corrected chi connectivity index (χ3v) is 3.04. The van der Waals surface area contributed by atoms with Gasteiger partial charge in [0, 0.05) is 11.1 Å². The highest BCUT2D eigenvalue weighted by molar-refractivity contribution is 7.03. The second kappa shape index (κ2) is 4.61. The van der Waals surface area contributed by atoms with Gasteiger partial charge >= 0.3 is 0 Å². The van der Waals surface area contributed by atoms with Crippen LogP contribution in [0.25, 0.3) is 0 Å². The summed E-state index contributed by atoms with van der Waals surface area (Å²) in [6.45, 7) is 0.675. The maximum Gasteiger partial charge on any atom is 0.262 e. The molecule has 92 valence electrons. The topological polar surface area (TPSA) is 76.1 Å². The summed E-state index contributed by atoms with van der Waals surface area (Å²) in [6.07, 6.45) is 0. The largest absolute Gasteiger partial charge is 0.482 e. The second-order valence-electron chi connectivity index (χ2n) is 3.80. The van der Waals surface area contributed by atoms with Crippen molar-refractivity contribution in [2.45, 2.75) is 6.54 Å². The third kappa shape index (κ3) is 2.25. The van der Waals surface area contributed by atoms with Gasteiger partial charge in [-0.2, -0.15) is 0 Å². The minimum absolute atomic E-state index is 0.0737. The van der Waals surface area contributed by atoms with Crippen LogP contribution in [0.3, 0.4) is 0 Å². The van der Waals surface area contributed by atoms with Crippen molar-refractivity contribution in [2.75, 3.05) is 17.2 Å². The number of nitrogens with zero attached hydrogens (tertiary/aromatic N) is 2. The van der Waals surface area contributed by atoms with Crippen molar-refractivity contribution in [1.29, 1.82) is 0 Å². The molecule has 1 amide bonds. The number of anilines is 2. The van der Waals surface area contributed by atoms with E-state index in [9.17, 15) is 4.79 Å². The number of benzene rings is 1. The van der Waals surface area contributed by atoms with E-state index in [0.29, 0.717) is 18.0 Å². The van der Waals surface area contributed by atoms with Crippen LogP contribution < -0.4 is 15.4 Å². The van der Waals surface area contributed by atoms with Gasteiger partial charge in [-0.05, 0) is 29.7 Å². The number of hydrogen-bond donors (Lipinski definition) is 2. The van der Waals surface area contributed by atoms with E-state index in [2.05, 4.69) is 20.2 Å². The van der Waals surface area contributed by atoms with Crippen LogP contribution >= 0.6 is 11.5 Å². The Morgan fingerprint density at radius 2 is 2.44 bits per heavy atom. The quantitative estimate of drug-likeness (QED) is 0.876. The van der Waals surface area contributed by atoms with Gasteiger partial charge in [0.2, 0.25) is 0 Å². The molecule has 0 spiro atoms. The van der Waals surface area contributed by atoms with Gasteiger partial charge in [0.1, 0.15) is 5.75 Å². The van der Waals surface area contributed by atoms with Crippen LogP contribution in [0.5, 0.6) is 5.75 Å². The summed E-state index contributed by atoms with van der Waals surface area (Å²) in [6, 6.07) is 5.57. The smallest absolute Gasteiger partial charge is 0.262 e. The summed E-state index contributed by atoms with van der Waals surface area (Å²) in [5.74, 6) is 0.554. The molecular formula is C11H10N4O2S. The molecule has 1 aliphatic heterocycles. The molecule has 1 aliphatic rings. The van der Waals surface area contributed by atoms with Crippen LogP contribution in [-0.4, -0.2) is 22.1 Å². The molecule has 0 radical (unpaired) electrons. The first-order valence-corrected chi connectivity index (χ1v) is 6.21. The van der Waals surface area contributed by atoms with Gasteiger partial charge in [-0.25, -0.2) is 0 Å². The number of aromatic nitrogens is 2. The molecule has 3 rings (SSSR count). The van der Waals surface area contributed by atoms with Crippen molar-refractivity contribution in [1.82, 2.24) is 9.59 Å². The molecule has 0 aliphatic carbocycles. The lowest BCUT2D eigenvalue weighted by Crippen LogP contribution is -2.25. The molecule has 0 saturated carbocycles.